The van der Waals surface area contributed by atoms with Gasteiger partial charge in [0.1, 0.15) is 17.7 Å². The number of nitrogens with zero attached hydrogens (tertiary/aromatic N) is 3. The minimum absolute atomic E-state index is 0.0238. The minimum atomic E-state index is -1.05. The molecule has 1 aromatic carbocycles. The minimum Gasteiger partial charge on any atom is -0.442 e. The lowest BCUT2D eigenvalue weighted by Gasteiger charge is -2.49. The zero-order chi connectivity index (χ0) is 25.8. The number of hydrogen-bond donors (Lipinski definition) is 2. The van der Waals surface area contributed by atoms with E-state index in [0.717, 1.165) is 12.8 Å². The van der Waals surface area contributed by atoms with Crippen LogP contribution >= 0.6 is 0 Å². The van der Waals surface area contributed by atoms with E-state index < -0.39 is 41.0 Å². The van der Waals surface area contributed by atoms with Crippen LogP contribution in [-0.4, -0.2) is 84.6 Å². The van der Waals surface area contributed by atoms with E-state index in [0.29, 0.717) is 37.9 Å². The number of alkyl carbamates (subject to hydrolysis) is 1. The molecule has 0 aromatic heterocycles. The number of urea groups is 1. The molecule has 1 aromatic rings. The van der Waals surface area contributed by atoms with E-state index in [2.05, 4.69) is 10.6 Å². The molecule has 1 atom stereocenters. The Morgan fingerprint density at radius 1 is 1.14 bits per heavy atom. The van der Waals surface area contributed by atoms with Crippen molar-refractivity contribution in [2.24, 2.45) is 0 Å². The number of amides is 5. The summed E-state index contributed by atoms with van der Waals surface area (Å²) in [6.07, 6.45) is 1.15. The summed E-state index contributed by atoms with van der Waals surface area (Å²) < 4.78 is 35.0. The predicted molar refractivity (Wildman–Crippen MR) is 123 cm³/mol. The standard InChI is InChI=1S/C24H29F2N5O5/c1-24(28-22(34)36-15-9-30(10-15)23(35)29(2)13-3-4-13)11-31(12-24)14-7-17(25)20(18(26)8-14)16-5-6-19(32)27-21(16)33/h7-8,13,15-16H,3-6,9-12H2,1-2H3,(H,28,34)(H,27,32,33). The summed E-state index contributed by atoms with van der Waals surface area (Å²) in [5.74, 6) is -3.91. The number of anilines is 1. The summed E-state index contributed by atoms with van der Waals surface area (Å²) in [6, 6.07) is 2.59. The quantitative estimate of drug-likeness (QED) is 0.590. The van der Waals surface area contributed by atoms with Crippen molar-refractivity contribution < 1.29 is 32.7 Å². The Bertz CT molecular complexity index is 1090. The fraction of sp³-hybridized carbons (Fsp3) is 0.583. The molecule has 0 spiro atoms. The van der Waals surface area contributed by atoms with Gasteiger partial charge in [-0.05, 0) is 38.3 Å². The van der Waals surface area contributed by atoms with Crippen LogP contribution in [0, 0.1) is 11.6 Å². The third-order valence-electron chi connectivity index (χ3n) is 7.29. The van der Waals surface area contributed by atoms with Gasteiger partial charge in [-0.25, -0.2) is 18.4 Å². The molecule has 5 amide bonds. The number of benzene rings is 1. The van der Waals surface area contributed by atoms with Crippen LogP contribution < -0.4 is 15.5 Å². The van der Waals surface area contributed by atoms with Crippen molar-refractivity contribution in [2.45, 2.75) is 56.2 Å². The van der Waals surface area contributed by atoms with Gasteiger partial charge in [-0.3, -0.25) is 14.9 Å². The van der Waals surface area contributed by atoms with E-state index in [1.54, 1.807) is 28.7 Å². The largest absolute Gasteiger partial charge is 0.442 e. The van der Waals surface area contributed by atoms with Crippen LogP contribution in [0.1, 0.15) is 44.1 Å². The lowest BCUT2D eigenvalue weighted by molar-refractivity contribution is -0.134. The molecule has 1 aliphatic carbocycles. The summed E-state index contributed by atoms with van der Waals surface area (Å²) in [6.45, 7) is 3.12. The Balaban J connectivity index is 1.11. The summed E-state index contributed by atoms with van der Waals surface area (Å²) in [5.41, 5.74) is -0.704. The number of halogens is 2. The molecule has 2 N–H and O–H groups in total. The van der Waals surface area contributed by atoms with Crippen LogP contribution in [0.4, 0.5) is 24.1 Å². The van der Waals surface area contributed by atoms with Crippen molar-refractivity contribution in [1.29, 1.82) is 0 Å². The fourth-order valence-electron chi connectivity index (χ4n) is 5.05. The highest BCUT2D eigenvalue weighted by Gasteiger charge is 2.43. The molecular formula is C24H29F2N5O5. The number of carbonyl (C=O) groups excluding carboxylic acids is 4. The molecule has 194 valence electrons. The molecule has 4 fully saturated rings. The molecule has 5 rings (SSSR count). The lowest BCUT2D eigenvalue weighted by atomic mass is 9.88. The zero-order valence-corrected chi connectivity index (χ0v) is 20.2. The highest BCUT2D eigenvalue weighted by molar-refractivity contribution is 6.01. The summed E-state index contributed by atoms with van der Waals surface area (Å²) in [4.78, 5) is 53.1. The third kappa shape index (κ3) is 4.68. The van der Waals surface area contributed by atoms with Crippen molar-refractivity contribution in [3.63, 3.8) is 0 Å². The van der Waals surface area contributed by atoms with Crippen LogP contribution in [0.3, 0.4) is 0 Å². The molecule has 12 heteroatoms. The van der Waals surface area contributed by atoms with Crippen LogP contribution in [-0.2, 0) is 14.3 Å². The van der Waals surface area contributed by atoms with Gasteiger partial charge in [0, 0.05) is 43.9 Å². The second-order valence-corrected chi connectivity index (χ2v) is 10.4. The molecule has 1 unspecified atom stereocenters. The smallest absolute Gasteiger partial charge is 0.408 e. The van der Waals surface area contributed by atoms with Gasteiger partial charge in [0.25, 0.3) is 0 Å². The maximum atomic E-state index is 14.8. The number of imide groups is 1. The van der Waals surface area contributed by atoms with Crippen LogP contribution in [0.25, 0.3) is 0 Å². The number of likely N-dealkylation sites (tertiary alicyclic amines) is 1. The molecule has 3 aliphatic heterocycles. The average molecular weight is 506 g/mol. The lowest BCUT2D eigenvalue weighted by Crippen LogP contribution is -2.69. The third-order valence-corrected chi connectivity index (χ3v) is 7.29. The first-order chi connectivity index (χ1) is 17.0. The van der Waals surface area contributed by atoms with Gasteiger partial charge in [0.05, 0.1) is 24.5 Å². The Morgan fingerprint density at radius 3 is 2.36 bits per heavy atom. The van der Waals surface area contributed by atoms with E-state index in [4.69, 9.17) is 4.74 Å². The van der Waals surface area contributed by atoms with E-state index in [1.165, 1.54) is 12.1 Å². The first-order valence-electron chi connectivity index (χ1n) is 12.1. The highest BCUT2D eigenvalue weighted by Crippen LogP contribution is 2.35. The molecule has 36 heavy (non-hydrogen) atoms. The van der Waals surface area contributed by atoms with Gasteiger partial charge < -0.3 is 24.8 Å². The maximum Gasteiger partial charge on any atom is 0.408 e. The topological polar surface area (TPSA) is 111 Å². The fourth-order valence-corrected chi connectivity index (χ4v) is 5.05. The van der Waals surface area contributed by atoms with Gasteiger partial charge in [-0.1, -0.05) is 0 Å². The summed E-state index contributed by atoms with van der Waals surface area (Å²) in [5, 5.41) is 4.92. The molecule has 3 saturated heterocycles. The van der Waals surface area contributed by atoms with Crippen molar-refractivity contribution >= 4 is 29.6 Å². The molecule has 0 bridgehead atoms. The summed E-state index contributed by atoms with van der Waals surface area (Å²) in [7, 11) is 1.78. The molecule has 4 aliphatic rings. The number of carbonyl (C=O) groups is 4. The van der Waals surface area contributed by atoms with Crippen molar-refractivity contribution in [3.05, 3.63) is 29.3 Å². The van der Waals surface area contributed by atoms with E-state index in [9.17, 15) is 28.0 Å². The van der Waals surface area contributed by atoms with E-state index in [-0.39, 0.29) is 30.5 Å². The normalized spacial score (nSPS) is 23.4. The molecular weight excluding hydrogens is 476 g/mol. The molecule has 0 radical (unpaired) electrons. The molecule has 10 nitrogen and oxygen atoms in total. The Morgan fingerprint density at radius 2 is 1.78 bits per heavy atom. The predicted octanol–water partition coefficient (Wildman–Crippen LogP) is 1.69. The molecule has 1 saturated carbocycles. The Kier molecular flexibility index (Phi) is 6.00. The van der Waals surface area contributed by atoms with E-state index in [1.807, 2.05) is 0 Å². The Labute approximate surface area is 206 Å². The van der Waals surface area contributed by atoms with Crippen molar-refractivity contribution in [1.82, 2.24) is 20.4 Å². The number of rotatable bonds is 5. The van der Waals surface area contributed by atoms with Gasteiger partial charge in [0.2, 0.25) is 11.8 Å². The Hall–Kier alpha value is -3.44. The average Bonchev–Trinajstić information content (AvgIpc) is 3.59. The van der Waals surface area contributed by atoms with Gasteiger partial charge >= 0.3 is 12.1 Å². The highest BCUT2D eigenvalue weighted by atomic mass is 19.1. The summed E-state index contributed by atoms with van der Waals surface area (Å²) >= 11 is 0. The first-order valence-corrected chi connectivity index (χ1v) is 12.1. The number of hydrogen-bond acceptors (Lipinski definition) is 6. The van der Waals surface area contributed by atoms with Crippen LogP contribution in [0.15, 0.2) is 12.1 Å². The number of piperidine rings is 1. The first kappa shape index (κ1) is 24.3. The monoisotopic (exact) mass is 505 g/mol. The van der Waals surface area contributed by atoms with Gasteiger partial charge in [0.15, 0.2) is 0 Å². The van der Waals surface area contributed by atoms with E-state index >= 15 is 0 Å². The number of nitrogens with one attached hydrogen (secondary N) is 2. The van der Waals surface area contributed by atoms with Crippen molar-refractivity contribution in [3.8, 4) is 0 Å². The molecule has 3 heterocycles. The zero-order valence-electron chi connectivity index (χ0n) is 20.2. The van der Waals surface area contributed by atoms with Crippen molar-refractivity contribution in [2.75, 3.05) is 38.1 Å². The second kappa shape index (κ2) is 8.90. The van der Waals surface area contributed by atoms with Crippen LogP contribution in [0.2, 0.25) is 0 Å². The van der Waals surface area contributed by atoms with Gasteiger partial charge in [-0.15, -0.1) is 0 Å². The second-order valence-electron chi connectivity index (χ2n) is 10.4. The van der Waals surface area contributed by atoms with Gasteiger partial charge in [-0.2, -0.15) is 0 Å². The SMILES string of the molecule is CN(C(=O)N1CC(OC(=O)NC2(C)CN(c3cc(F)c(C4CCC(=O)NC4=O)c(F)c3)C2)C1)C1CC1. The maximum absolute atomic E-state index is 14.8. The number of ether oxygens (including phenoxy) is 1. The van der Waals surface area contributed by atoms with Crippen LogP contribution in [0.5, 0.6) is 0 Å².